The molecule has 0 unspecified atom stereocenters. The number of hydrogen-bond donors (Lipinski definition) is 0. The second-order valence-corrected chi connectivity index (χ2v) is 12.7. The fraction of sp³-hybridized carbons (Fsp3) is 0. The lowest BCUT2D eigenvalue weighted by atomic mass is 9.97. The Morgan fingerprint density at radius 2 is 1.00 bits per heavy atom. The van der Waals surface area contributed by atoms with Crippen LogP contribution in [0.15, 0.2) is 206 Å². The second kappa shape index (κ2) is 12.5. The van der Waals surface area contributed by atoms with Crippen molar-refractivity contribution in [3.8, 4) is 27.9 Å². The zero-order valence-electron chi connectivity index (χ0n) is 37.8. The number of benzene rings is 9. The molecule has 0 bridgehead atoms. The first-order valence-electron chi connectivity index (χ1n) is 22.0. The van der Waals surface area contributed by atoms with Crippen molar-refractivity contribution in [2.24, 2.45) is 0 Å². The summed E-state index contributed by atoms with van der Waals surface area (Å²) in [5.41, 5.74) is 5.06. The lowest BCUT2D eigenvalue weighted by Crippen LogP contribution is -2.10. The summed E-state index contributed by atoms with van der Waals surface area (Å²) in [6, 6.07) is 43.0. The van der Waals surface area contributed by atoms with Gasteiger partial charge in [-0.05, 0) is 93.0 Å². The Bertz CT molecular complexity index is 3340. The minimum atomic E-state index is -0.542. The first-order chi connectivity index (χ1) is 29.9. The highest BCUT2D eigenvalue weighted by Crippen LogP contribution is 2.44. The number of rotatable bonds is 6. The van der Waals surface area contributed by atoms with E-state index in [9.17, 15) is 0 Å². The van der Waals surface area contributed by atoms with Crippen LogP contribution in [0.3, 0.4) is 0 Å². The number of para-hydroxylation sites is 1. The molecule has 0 radical (unpaired) electrons. The Hall–Kier alpha value is -6.90. The number of nitrogens with zero attached hydrogens (tertiary/aromatic N) is 2. The first-order valence-corrected chi connectivity index (χ1v) is 17.0. The largest absolute Gasteiger partial charge is 0.310 e. The number of anilines is 3. The van der Waals surface area contributed by atoms with Gasteiger partial charge in [-0.15, -0.1) is 0 Å². The van der Waals surface area contributed by atoms with Crippen molar-refractivity contribution in [2.45, 2.75) is 0 Å². The van der Waals surface area contributed by atoms with Gasteiger partial charge in [0.1, 0.15) is 0 Å². The molecule has 10 aromatic rings. The molecule has 0 amide bonds. The summed E-state index contributed by atoms with van der Waals surface area (Å²) in [5, 5.41) is 6.49. The lowest BCUT2D eigenvalue weighted by Gasteiger charge is -2.27. The van der Waals surface area contributed by atoms with Crippen LogP contribution in [-0.2, 0) is 0 Å². The molecule has 0 atom stereocenters. The van der Waals surface area contributed by atoms with E-state index >= 15 is 0 Å². The third-order valence-corrected chi connectivity index (χ3v) is 9.67. The summed E-state index contributed by atoms with van der Waals surface area (Å²) >= 11 is 0. The summed E-state index contributed by atoms with van der Waals surface area (Å²) in [4.78, 5) is 1.97. The van der Waals surface area contributed by atoms with E-state index < -0.39 is 60.4 Å². The monoisotopic (exact) mass is 672 g/mol. The molecule has 9 aromatic carbocycles. The molecule has 2 nitrogen and oxygen atoms in total. The van der Waals surface area contributed by atoms with Crippen LogP contribution in [0.25, 0.3) is 71.3 Å². The molecule has 0 spiro atoms. The first kappa shape index (κ1) is 21.3. The normalized spacial score (nSPS) is 14.2. The Kier molecular flexibility index (Phi) is 5.11. The molecule has 0 saturated heterocycles. The summed E-state index contributed by atoms with van der Waals surface area (Å²) in [7, 11) is 0. The van der Waals surface area contributed by atoms with Crippen LogP contribution in [0.2, 0.25) is 0 Å². The molecule has 0 saturated carbocycles. The highest BCUT2D eigenvalue weighted by atomic mass is 15.1. The van der Waals surface area contributed by atoms with Crippen molar-refractivity contribution >= 4 is 60.4 Å². The SMILES string of the molecule is [2H]c1c([2H])c([2H])c(-c2cc(-c3c([2H])c([2H])c([2H])c([2H])c3[2H])cc(N(c3ccccc3)c3ccc4c5c6ccccc6ccc5n(-c5cccc6ccccc56)c4c3)c2)c([2H])c1[2H]. The predicted octanol–water partition coefficient (Wildman–Crippen LogP) is 13.9. The van der Waals surface area contributed by atoms with Gasteiger partial charge in [-0.2, -0.15) is 0 Å². The number of fused-ring (bicyclic) bond motifs is 6. The average Bonchev–Trinajstić information content (AvgIpc) is 3.63. The highest BCUT2D eigenvalue weighted by Gasteiger charge is 2.20. The van der Waals surface area contributed by atoms with Crippen LogP contribution in [0.4, 0.5) is 17.1 Å². The van der Waals surface area contributed by atoms with E-state index in [-0.39, 0.29) is 22.3 Å². The van der Waals surface area contributed by atoms with Crippen LogP contribution in [0, 0.1) is 0 Å². The van der Waals surface area contributed by atoms with Gasteiger partial charge in [0.25, 0.3) is 0 Å². The van der Waals surface area contributed by atoms with Crippen molar-refractivity contribution in [2.75, 3.05) is 4.90 Å². The third kappa shape index (κ3) is 5.04. The Morgan fingerprint density at radius 3 is 1.71 bits per heavy atom. The Balaban J connectivity index is 1.32. The summed E-state index contributed by atoms with van der Waals surface area (Å²) in [5.74, 6) is 0. The topological polar surface area (TPSA) is 8.17 Å². The fourth-order valence-corrected chi connectivity index (χ4v) is 7.42. The van der Waals surface area contributed by atoms with Gasteiger partial charge in [0, 0.05) is 33.2 Å². The molecule has 0 aliphatic carbocycles. The van der Waals surface area contributed by atoms with Crippen molar-refractivity contribution < 1.29 is 13.7 Å². The zero-order valence-corrected chi connectivity index (χ0v) is 27.8. The van der Waals surface area contributed by atoms with Crippen LogP contribution in [0.5, 0.6) is 0 Å². The molecular weight excluding hydrogens is 629 g/mol. The summed E-state index contributed by atoms with van der Waals surface area (Å²) < 4.78 is 88.8. The van der Waals surface area contributed by atoms with E-state index in [1.807, 2.05) is 65.6 Å². The predicted molar refractivity (Wildman–Crippen MR) is 221 cm³/mol. The lowest BCUT2D eigenvalue weighted by molar-refractivity contribution is 1.19. The molecule has 10 rings (SSSR count). The third-order valence-electron chi connectivity index (χ3n) is 9.67. The highest BCUT2D eigenvalue weighted by molar-refractivity contribution is 6.22. The number of hydrogen-bond acceptors (Lipinski definition) is 1. The number of aromatic nitrogens is 1. The molecule has 52 heavy (non-hydrogen) atoms. The minimum Gasteiger partial charge on any atom is -0.310 e. The van der Waals surface area contributed by atoms with Crippen LogP contribution in [-0.4, -0.2) is 4.57 Å². The molecule has 1 heterocycles. The zero-order chi connectivity index (χ0) is 43.1. The van der Waals surface area contributed by atoms with Gasteiger partial charge in [0.05, 0.1) is 30.4 Å². The van der Waals surface area contributed by atoms with Crippen molar-refractivity contribution in [1.29, 1.82) is 0 Å². The standard InChI is InChI=1S/C50H34N2/c1-4-15-35(16-5-1)39-31-40(36-17-6-2-7-18-36)33-43(32-39)51(41-22-8-3-9-23-41)42-28-29-46-49(34-42)52(47-26-14-21-37-19-10-12-24-44(37)47)48-30-27-38-20-11-13-25-45(38)50(46)48/h1-34H/i1D,2D,4D,5D,6D,7D,15D,16D,17D,18D. The maximum absolute atomic E-state index is 8.95. The van der Waals surface area contributed by atoms with Gasteiger partial charge in [-0.1, -0.05) is 151 Å². The van der Waals surface area contributed by atoms with Gasteiger partial charge in [0.2, 0.25) is 0 Å². The molecule has 0 aliphatic heterocycles. The van der Waals surface area contributed by atoms with Crippen LogP contribution in [0.1, 0.15) is 13.7 Å². The molecular formula is C50H34N2. The van der Waals surface area contributed by atoms with Gasteiger partial charge in [-0.3, -0.25) is 0 Å². The van der Waals surface area contributed by atoms with E-state index in [1.165, 1.54) is 6.07 Å². The quantitative estimate of drug-likeness (QED) is 0.171. The average molecular weight is 673 g/mol. The van der Waals surface area contributed by atoms with Crippen LogP contribution < -0.4 is 4.90 Å². The van der Waals surface area contributed by atoms with Gasteiger partial charge in [-0.25, -0.2) is 0 Å². The summed E-state index contributed by atoms with van der Waals surface area (Å²) in [6.45, 7) is 0. The molecule has 244 valence electrons. The molecule has 2 heteroatoms. The van der Waals surface area contributed by atoms with Gasteiger partial charge >= 0.3 is 0 Å². The van der Waals surface area contributed by atoms with Crippen molar-refractivity contribution in [3.63, 3.8) is 0 Å². The fourth-order valence-electron chi connectivity index (χ4n) is 7.42. The van der Waals surface area contributed by atoms with E-state index in [2.05, 4.69) is 71.3 Å². The maximum atomic E-state index is 8.95. The Labute approximate surface area is 317 Å². The van der Waals surface area contributed by atoms with E-state index in [1.54, 1.807) is 12.1 Å². The van der Waals surface area contributed by atoms with Gasteiger partial charge in [0.15, 0.2) is 0 Å². The van der Waals surface area contributed by atoms with Gasteiger partial charge < -0.3 is 9.47 Å². The van der Waals surface area contributed by atoms with E-state index in [0.717, 1.165) is 54.7 Å². The Morgan fingerprint density at radius 1 is 0.385 bits per heavy atom. The van der Waals surface area contributed by atoms with E-state index in [0.29, 0.717) is 11.4 Å². The smallest absolute Gasteiger partial charge is 0.0629 e. The molecule has 0 fully saturated rings. The van der Waals surface area contributed by atoms with Crippen molar-refractivity contribution in [1.82, 2.24) is 4.57 Å². The molecule has 0 N–H and O–H groups in total. The minimum absolute atomic E-state index is 0.0853. The summed E-state index contributed by atoms with van der Waals surface area (Å²) in [6.07, 6.45) is 0. The molecule has 1 aromatic heterocycles. The van der Waals surface area contributed by atoms with Crippen LogP contribution >= 0.6 is 0 Å². The molecule has 0 aliphatic rings. The maximum Gasteiger partial charge on any atom is 0.0629 e. The van der Waals surface area contributed by atoms with E-state index in [4.69, 9.17) is 13.7 Å². The van der Waals surface area contributed by atoms with Crippen molar-refractivity contribution in [3.05, 3.63) is 206 Å². The second-order valence-electron chi connectivity index (χ2n) is 12.7.